The molecule has 140 valence electrons. The summed E-state index contributed by atoms with van der Waals surface area (Å²) in [5.74, 6) is 0.854. The van der Waals surface area contributed by atoms with Crippen molar-refractivity contribution >= 4 is 23.0 Å². The first kappa shape index (κ1) is 18.2. The summed E-state index contributed by atoms with van der Waals surface area (Å²) in [5, 5.41) is 2.94. The van der Waals surface area contributed by atoms with Crippen LogP contribution in [-0.4, -0.2) is 52.7 Å². The lowest BCUT2D eigenvalue weighted by molar-refractivity contribution is -0.123. The van der Waals surface area contributed by atoms with Crippen LogP contribution in [0, 0.1) is 0 Å². The summed E-state index contributed by atoms with van der Waals surface area (Å²) in [6, 6.07) is 7.52. The minimum absolute atomic E-state index is 0.0733. The Hall–Kier alpha value is -2.57. The molecule has 1 aliphatic heterocycles. The van der Waals surface area contributed by atoms with Crippen LogP contribution >= 0.6 is 0 Å². The number of cyclic esters (lactones) is 1. The second-order valence-electron chi connectivity index (χ2n) is 6.56. The molecule has 0 saturated carbocycles. The van der Waals surface area contributed by atoms with Gasteiger partial charge >= 0.3 is 6.09 Å². The van der Waals surface area contributed by atoms with Crippen molar-refractivity contribution in [1.82, 2.24) is 19.8 Å². The zero-order chi connectivity index (χ0) is 18.5. The molecule has 0 bridgehead atoms. The zero-order valence-corrected chi connectivity index (χ0v) is 15.4. The molecular weight excluding hydrogens is 332 g/mol. The summed E-state index contributed by atoms with van der Waals surface area (Å²) in [7, 11) is 0. The SMILES string of the molecule is CCCc1nc2ccccc2n1C(C)C(=O)NCCN1CCCOC1=O. The molecule has 0 spiro atoms. The van der Waals surface area contributed by atoms with Crippen LogP contribution in [0.2, 0.25) is 0 Å². The molecule has 0 radical (unpaired) electrons. The molecule has 1 saturated heterocycles. The van der Waals surface area contributed by atoms with Crippen molar-refractivity contribution in [2.45, 2.75) is 39.2 Å². The summed E-state index contributed by atoms with van der Waals surface area (Å²) in [4.78, 5) is 30.6. The van der Waals surface area contributed by atoms with Gasteiger partial charge in [0.25, 0.3) is 0 Å². The van der Waals surface area contributed by atoms with Crippen molar-refractivity contribution in [2.75, 3.05) is 26.2 Å². The fraction of sp³-hybridized carbons (Fsp3) is 0.526. The average molecular weight is 358 g/mol. The second kappa shape index (κ2) is 8.21. The third-order valence-electron chi connectivity index (χ3n) is 4.65. The van der Waals surface area contributed by atoms with Crippen molar-refractivity contribution in [1.29, 1.82) is 0 Å². The van der Waals surface area contributed by atoms with Gasteiger partial charge in [0.05, 0.1) is 17.6 Å². The van der Waals surface area contributed by atoms with Crippen LogP contribution in [0.4, 0.5) is 4.79 Å². The van der Waals surface area contributed by atoms with Gasteiger partial charge < -0.3 is 19.5 Å². The van der Waals surface area contributed by atoms with Crippen molar-refractivity contribution in [3.05, 3.63) is 30.1 Å². The maximum atomic E-state index is 12.7. The van der Waals surface area contributed by atoms with E-state index in [9.17, 15) is 9.59 Å². The Balaban J connectivity index is 1.67. The van der Waals surface area contributed by atoms with Gasteiger partial charge in [-0.05, 0) is 31.9 Å². The van der Waals surface area contributed by atoms with E-state index in [0.29, 0.717) is 26.2 Å². The third-order valence-corrected chi connectivity index (χ3v) is 4.65. The fourth-order valence-electron chi connectivity index (χ4n) is 3.31. The number of amides is 2. The lowest BCUT2D eigenvalue weighted by Crippen LogP contribution is -2.43. The topological polar surface area (TPSA) is 76.5 Å². The minimum Gasteiger partial charge on any atom is -0.449 e. The lowest BCUT2D eigenvalue weighted by atomic mass is 10.2. The van der Waals surface area contributed by atoms with Crippen LogP contribution in [0.1, 0.15) is 38.6 Å². The van der Waals surface area contributed by atoms with Crippen LogP contribution in [0.15, 0.2) is 24.3 Å². The normalized spacial score (nSPS) is 15.8. The molecule has 2 amide bonds. The Bertz CT molecular complexity index is 786. The number of para-hydroxylation sites is 2. The highest BCUT2D eigenvalue weighted by Gasteiger charge is 2.22. The largest absolute Gasteiger partial charge is 0.449 e. The van der Waals surface area contributed by atoms with Gasteiger partial charge in [0.2, 0.25) is 5.91 Å². The Morgan fingerprint density at radius 1 is 1.38 bits per heavy atom. The number of imidazole rings is 1. The first-order chi connectivity index (χ1) is 12.6. The number of fused-ring (bicyclic) bond motifs is 1. The molecule has 7 heteroatoms. The molecule has 7 nitrogen and oxygen atoms in total. The molecular formula is C19H26N4O3. The highest BCUT2D eigenvalue weighted by atomic mass is 16.6. The van der Waals surface area contributed by atoms with E-state index in [1.165, 1.54) is 0 Å². The molecule has 1 N–H and O–H groups in total. The Labute approximate surface area is 153 Å². The van der Waals surface area contributed by atoms with Gasteiger partial charge in [0.15, 0.2) is 0 Å². The van der Waals surface area contributed by atoms with Gasteiger partial charge in [-0.2, -0.15) is 0 Å². The van der Waals surface area contributed by atoms with Gasteiger partial charge in [-0.3, -0.25) is 4.79 Å². The molecule has 26 heavy (non-hydrogen) atoms. The van der Waals surface area contributed by atoms with Crippen LogP contribution < -0.4 is 5.32 Å². The molecule has 1 unspecified atom stereocenters. The van der Waals surface area contributed by atoms with E-state index in [1.807, 2.05) is 35.8 Å². The Kier molecular flexibility index (Phi) is 5.75. The lowest BCUT2D eigenvalue weighted by Gasteiger charge is -2.26. The molecule has 1 aliphatic rings. The number of aromatic nitrogens is 2. The van der Waals surface area contributed by atoms with E-state index in [2.05, 4.69) is 17.2 Å². The van der Waals surface area contributed by atoms with Gasteiger partial charge in [0.1, 0.15) is 11.9 Å². The maximum Gasteiger partial charge on any atom is 0.409 e. The zero-order valence-electron chi connectivity index (χ0n) is 15.4. The van der Waals surface area contributed by atoms with E-state index in [4.69, 9.17) is 4.74 Å². The van der Waals surface area contributed by atoms with Crippen LogP contribution in [0.25, 0.3) is 11.0 Å². The van der Waals surface area contributed by atoms with E-state index < -0.39 is 0 Å². The monoisotopic (exact) mass is 358 g/mol. The van der Waals surface area contributed by atoms with Crippen molar-refractivity contribution in [2.24, 2.45) is 0 Å². The minimum atomic E-state index is -0.364. The van der Waals surface area contributed by atoms with E-state index in [0.717, 1.165) is 36.1 Å². The number of benzene rings is 1. The van der Waals surface area contributed by atoms with Crippen molar-refractivity contribution in [3.63, 3.8) is 0 Å². The predicted octanol–water partition coefficient (Wildman–Crippen LogP) is 2.51. The molecule has 0 aliphatic carbocycles. The van der Waals surface area contributed by atoms with Crippen molar-refractivity contribution < 1.29 is 14.3 Å². The summed E-state index contributed by atoms with van der Waals surface area (Å²) in [6.07, 6.45) is 2.32. The van der Waals surface area contributed by atoms with Crippen LogP contribution in [-0.2, 0) is 16.0 Å². The van der Waals surface area contributed by atoms with E-state index >= 15 is 0 Å². The molecule has 2 aromatic rings. The van der Waals surface area contributed by atoms with Crippen molar-refractivity contribution in [3.8, 4) is 0 Å². The number of hydrogen-bond donors (Lipinski definition) is 1. The fourth-order valence-corrected chi connectivity index (χ4v) is 3.31. The number of aryl methyl sites for hydroxylation is 1. The van der Waals surface area contributed by atoms with E-state index in [-0.39, 0.29) is 18.0 Å². The Morgan fingerprint density at radius 3 is 2.96 bits per heavy atom. The molecule has 1 aromatic heterocycles. The number of carbonyl (C=O) groups is 2. The first-order valence-electron chi connectivity index (χ1n) is 9.27. The first-order valence-corrected chi connectivity index (χ1v) is 9.27. The Morgan fingerprint density at radius 2 is 2.19 bits per heavy atom. The second-order valence-corrected chi connectivity index (χ2v) is 6.56. The number of hydrogen-bond acceptors (Lipinski definition) is 4. The smallest absolute Gasteiger partial charge is 0.409 e. The summed E-state index contributed by atoms with van der Waals surface area (Å²) in [6.45, 7) is 6.02. The predicted molar refractivity (Wildman–Crippen MR) is 99.0 cm³/mol. The molecule has 1 aromatic carbocycles. The maximum absolute atomic E-state index is 12.7. The molecule has 1 fully saturated rings. The van der Waals surface area contributed by atoms with Gasteiger partial charge in [-0.15, -0.1) is 0 Å². The molecule has 2 heterocycles. The van der Waals surface area contributed by atoms with E-state index in [1.54, 1.807) is 4.90 Å². The van der Waals surface area contributed by atoms with Crippen LogP contribution in [0.3, 0.4) is 0 Å². The average Bonchev–Trinajstić information content (AvgIpc) is 3.01. The third kappa shape index (κ3) is 3.81. The summed E-state index contributed by atoms with van der Waals surface area (Å²) >= 11 is 0. The molecule has 3 rings (SSSR count). The summed E-state index contributed by atoms with van der Waals surface area (Å²) in [5.41, 5.74) is 1.88. The standard InChI is InChI=1S/C19H26N4O3/c1-3-7-17-21-15-8-4-5-9-16(15)23(17)14(2)18(24)20-10-12-22-11-6-13-26-19(22)25/h4-5,8-9,14H,3,6-7,10-13H2,1-2H3,(H,20,24). The van der Waals surface area contributed by atoms with Gasteiger partial charge in [0, 0.05) is 26.1 Å². The summed E-state index contributed by atoms with van der Waals surface area (Å²) < 4.78 is 7.02. The molecule has 1 atom stereocenters. The van der Waals surface area contributed by atoms with Crippen LogP contribution in [0.5, 0.6) is 0 Å². The number of rotatable bonds is 7. The highest BCUT2D eigenvalue weighted by Crippen LogP contribution is 2.22. The number of nitrogens with zero attached hydrogens (tertiary/aromatic N) is 3. The number of ether oxygens (including phenoxy) is 1. The quantitative estimate of drug-likeness (QED) is 0.825. The van der Waals surface area contributed by atoms with Gasteiger partial charge in [-0.25, -0.2) is 9.78 Å². The number of nitrogens with one attached hydrogen (secondary N) is 1. The number of carbonyl (C=O) groups excluding carboxylic acids is 2. The van der Waals surface area contributed by atoms with Gasteiger partial charge in [-0.1, -0.05) is 19.1 Å². The highest BCUT2D eigenvalue weighted by molar-refractivity contribution is 5.84.